The third-order valence-electron chi connectivity index (χ3n) is 2.47. The maximum atomic E-state index is 5.78. The van der Waals surface area contributed by atoms with Crippen molar-refractivity contribution < 1.29 is 0 Å². The molecule has 0 saturated carbocycles. The van der Waals surface area contributed by atoms with Crippen molar-refractivity contribution in [1.29, 1.82) is 0 Å². The molecule has 0 bridgehead atoms. The highest BCUT2D eigenvalue weighted by atomic mass is 79.9. The molecule has 0 amide bonds. The van der Waals surface area contributed by atoms with E-state index in [4.69, 9.17) is 5.73 Å². The molecule has 1 aromatic carbocycles. The summed E-state index contributed by atoms with van der Waals surface area (Å²) in [6, 6.07) is 6.52. The van der Waals surface area contributed by atoms with E-state index in [2.05, 4.69) is 52.9 Å². The SMILES string of the molecule is C=C(C)CNC(CN)c1ccc(Br)c(C)c1. The molecule has 0 aromatic heterocycles. The van der Waals surface area contributed by atoms with Crippen LogP contribution in [0.2, 0.25) is 0 Å². The van der Waals surface area contributed by atoms with Crippen LogP contribution in [0, 0.1) is 6.92 Å². The first kappa shape index (κ1) is 13.4. The van der Waals surface area contributed by atoms with Gasteiger partial charge in [0.05, 0.1) is 0 Å². The maximum Gasteiger partial charge on any atom is 0.0447 e. The lowest BCUT2D eigenvalue weighted by atomic mass is 10.0. The molecule has 3 heteroatoms. The monoisotopic (exact) mass is 282 g/mol. The van der Waals surface area contributed by atoms with Gasteiger partial charge in [0.2, 0.25) is 0 Å². The molecule has 88 valence electrons. The fourth-order valence-corrected chi connectivity index (χ4v) is 1.77. The van der Waals surface area contributed by atoms with Crippen LogP contribution in [-0.2, 0) is 0 Å². The first-order valence-electron chi connectivity index (χ1n) is 5.38. The second kappa shape index (κ2) is 6.18. The first-order chi connectivity index (χ1) is 7.54. The lowest BCUT2D eigenvalue weighted by Crippen LogP contribution is -2.29. The largest absolute Gasteiger partial charge is 0.329 e. The Morgan fingerprint density at radius 2 is 2.25 bits per heavy atom. The highest BCUT2D eigenvalue weighted by Crippen LogP contribution is 2.20. The third-order valence-corrected chi connectivity index (χ3v) is 3.36. The van der Waals surface area contributed by atoms with Crippen molar-refractivity contribution in [3.63, 3.8) is 0 Å². The molecule has 1 aromatic rings. The van der Waals surface area contributed by atoms with Crippen molar-refractivity contribution in [1.82, 2.24) is 5.32 Å². The van der Waals surface area contributed by atoms with Gasteiger partial charge in [0.1, 0.15) is 0 Å². The predicted molar refractivity (Wildman–Crippen MR) is 73.5 cm³/mol. The molecule has 0 saturated heterocycles. The second-order valence-corrected chi connectivity index (χ2v) is 4.99. The maximum absolute atomic E-state index is 5.78. The zero-order chi connectivity index (χ0) is 12.1. The van der Waals surface area contributed by atoms with E-state index in [9.17, 15) is 0 Å². The minimum atomic E-state index is 0.198. The normalized spacial score (nSPS) is 12.5. The smallest absolute Gasteiger partial charge is 0.0447 e. The molecule has 1 rings (SSSR count). The van der Waals surface area contributed by atoms with Gasteiger partial charge in [-0.3, -0.25) is 0 Å². The zero-order valence-electron chi connectivity index (χ0n) is 9.89. The van der Waals surface area contributed by atoms with E-state index in [0.29, 0.717) is 6.54 Å². The van der Waals surface area contributed by atoms with Crippen LogP contribution in [0.5, 0.6) is 0 Å². The highest BCUT2D eigenvalue weighted by molar-refractivity contribution is 9.10. The number of rotatable bonds is 5. The predicted octanol–water partition coefficient (Wildman–Crippen LogP) is 2.92. The molecular weight excluding hydrogens is 264 g/mol. The van der Waals surface area contributed by atoms with Gasteiger partial charge in [-0.05, 0) is 31.0 Å². The molecule has 0 aliphatic rings. The fraction of sp³-hybridized carbons (Fsp3) is 0.385. The van der Waals surface area contributed by atoms with Crippen LogP contribution in [0.15, 0.2) is 34.8 Å². The van der Waals surface area contributed by atoms with Crippen LogP contribution >= 0.6 is 15.9 Å². The third kappa shape index (κ3) is 3.74. The molecular formula is C13H19BrN2. The minimum absolute atomic E-state index is 0.198. The topological polar surface area (TPSA) is 38.0 Å². The number of halogens is 1. The number of nitrogens with one attached hydrogen (secondary N) is 1. The molecule has 0 fully saturated rings. The van der Waals surface area contributed by atoms with Crippen molar-refractivity contribution in [3.05, 3.63) is 46.0 Å². The first-order valence-corrected chi connectivity index (χ1v) is 6.17. The molecule has 1 unspecified atom stereocenters. The summed E-state index contributed by atoms with van der Waals surface area (Å²) in [5.41, 5.74) is 9.35. The molecule has 16 heavy (non-hydrogen) atoms. The van der Waals surface area contributed by atoms with E-state index in [-0.39, 0.29) is 6.04 Å². The number of hydrogen-bond donors (Lipinski definition) is 2. The standard InChI is InChI=1S/C13H19BrN2/c1-9(2)8-16-13(7-15)11-4-5-12(14)10(3)6-11/h4-6,13,16H,1,7-8,15H2,2-3H3. The average Bonchev–Trinajstić information content (AvgIpc) is 2.23. The van der Waals surface area contributed by atoms with E-state index >= 15 is 0 Å². The molecule has 0 aliphatic carbocycles. The van der Waals surface area contributed by atoms with Gasteiger partial charge in [0.15, 0.2) is 0 Å². The molecule has 3 N–H and O–H groups in total. The van der Waals surface area contributed by atoms with Gasteiger partial charge in [-0.1, -0.05) is 40.2 Å². The Labute approximate surface area is 106 Å². The number of benzene rings is 1. The van der Waals surface area contributed by atoms with Crippen LogP contribution < -0.4 is 11.1 Å². The highest BCUT2D eigenvalue weighted by Gasteiger charge is 2.09. The summed E-state index contributed by atoms with van der Waals surface area (Å²) in [7, 11) is 0. The van der Waals surface area contributed by atoms with E-state index in [1.165, 1.54) is 11.1 Å². The molecule has 1 atom stereocenters. The Hall–Kier alpha value is -0.640. The molecule has 0 aliphatic heterocycles. The van der Waals surface area contributed by atoms with Gasteiger partial charge in [-0.15, -0.1) is 0 Å². The van der Waals surface area contributed by atoms with Gasteiger partial charge in [-0.2, -0.15) is 0 Å². The lowest BCUT2D eigenvalue weighted by molar-refractivity contribution is 0.569. The van der Waals surface area contributed by atoms with Crippen LogP contribution in [0.3, 0.4) is 0 Å². The van der Waals surface area contributed by atoms with Crippen molar-refractivity contribution in [3.8, 4) is 0 Å². The Bertz CT molecular complexity index is 374. The van der Waals surface area contributed by atoms with Crippen LogP contribution in [-0.4, -0.2) is 13.1 Å². The van der Waals surface area contributed by atoms with Gasteiger partial charge in [0, 0.05) is 23.6 Å². The van der Waals surface area contributed by atoms with Crippen LogP contribution in [0.25, 0.3) is 0 Å². The summed E-state index contributed by atoms with van der Waals surface area (Å²) in [6.45, 7) is 9.36. The zero-order valence-corrected chi connectivity index (χ0v) is 11.5. The van der Waals surface area contributed by atoms with Crippen LogP contribution in [0.1, 0.15) is 24.1 Å². The number of nitrogens with two attached hydrogens (primary N) is 1. The summed E-state index contributed by atoms with van der Waals surface area (Å²) in [5.74, 6) is 0. The summed E-state index contributed by atoms with van der Waals surface area (Å²) >= 11 is 3.50. The summed E-state index contributed by atoms with van der Waals surface area (Å²) in [4.78, 5) is 0. The molecule has 2 nitrogen and oxygen atoms in total. The Morgan fingerprint density at radius 1 is 1.56 bits per heavy atom. The number of aryl methyl sites for hydroxylation is 1. The number of hydrogen-bond acceptors (Lipinski definition) is 2. The summed E-state index contributed by atoms with van der Waals surface area (Å²) in [5, 5.41) is 3.39. The summed E-state index contributed by atoms with van der Waals surface area (Å²) < 4.78 is 1.13. The van der Waals surface area contributed by atoms with E-state index < -0.39 is 0 Å². The van der Waals surface area contributed by atoms with Crippen molar-refractivity contribution in [2.75, 3.05) is 13.1 Å². The second-order valence-electron chi connectivity index (χ2n) is 4.13. The fourth-order valence-electron chi connectivity index (χ4n) is 1.52. The van der Waals surface area contributed by atoms with E-state index in [1.807, 2.05) is 6.92 Å². The average molecular weight is 283 g/mol. The Morgan fingerprint density at radius 3 is 2.75 bits per heavy atom. The Balaban J connectivity index is 2.78. The van der Waals surface area contributed by atoms with Gasteiger partial charge >= 0.3 is 0 Å². The lowest BCUT2D eigenvalue weighted by Gasteiger charge is -2.18. The minimum Gasteiger partial charge on any atom is -0.329 e. The van der Waals surface area contributed by atoms with E-state index in [1.54, 1.807) is 0 Å². The molecule has 0 radical (unpaired) electrons. The molecule has 0 spiro atoms. The Kier molecular flexibility index (Phi) is 5.19. The summed E-state index contributed by atoms with van der Waals surface area (Å²) in [6.07, 6.45) is 0. The van der Waals surface area contributed by atoms with Crippen molar-refractivity contribution in [2.24, 2.45) is 5.73 Å². The van der Waals surface area contributed by atoms with Gasteiger partial charge in [0.25, 0.3) is 0 Å². The van der Waals surface area contributed by atoms with Gasteiger partial charge in [-0.25, -0.2) is 0 Å². The van der Waals surface area contributed by atoms with Crippen LogP contribution in [0.4, 0.5) is 0 Å². The van der Waals surface area contributed by atoms with Gasteiger partial charge < -0.3 is 11.1 Å². The molecule has 0 heterocycles. The van der Waals surface area contributed by atoms with E-state index in [0.717, 1.165) is 16.6 Å². The van der Waals surface area contributed by atoms with Crippen molar-refractivity contribution >= 4 is 15.9 Å². The quantitative estimate of drug-likeness (QED) is 0.815. The van der Waals surface area contributed by atoms with Crippen molar-refractivity contribution in [2.45, 2.75) is 19.9 Å².